The van der Waals surface area contributed by atoms with Gasteiger partial charge in [0.15, 0.2) is 0 Å². The minimum atomic E-state index is -0.341. The number of methoxy groups -OCH3 is 1. The van der Waals surface area contributed by atoms with Gasteiger partial charge in [0.05, 0.1) is 12.7 Å². The highest BCUT2D eigenvalue weighted by atomic mass is 16.5. The Hall–Kier alpha value is -2.88. The zero-order valence-corrected chi connectivity index (χ0v) is 13.1. The van der Waals surface area contributed by atoms with Gasteiger partial charge in [-0.05, 0) is 36.8 Å². The first kappa shape index (κ1) is 15.0. The fraction of sp³-hybridized carbons (Fsp3) is 0.158. The first-order valence-electron chi connectivity index (χ1n) is 7.34. The van der Waals surface area contributed by atoms with Crippen LogP contribution in [0, 0.1) is 6.92 Å². The van der Waals surface area contributed by atoms with Crippen molar-refractivity contribution < 1.29 is 14.3 Å². The van der Waals surface area contributed by atoms with Crippen LogP contribution in [0.5, 0.6) is 5.75 Å². The second-order valence-corrected chi connectivity index (χ2v) is 5.26. The van der Waals surface area contributed by atoms with E-state index in [1.165, 1.54) is 7.11 Å². The maximum absolute atomic E-state index is 11.4. The summed E-state index contributed by atoms with van der Waals surface area (Å²) in [6.45, 7) is 2.37. The average Bonchev–Trinajstić information content (AvgIpc) is 2.59. The Labute approximate surface area is 134 Å². The molecule has 3 aromatic rings. The molecule has 0 fully saturated rings. The lowest BCUT2D eigenvalue weighted by Crippen LogP contribution is -2.02. The fourth-order valence-corrected chi connectivity index (χ4v) is 2.35. The number of aryl methyl sites for hydroxylation is 1. The number of hydrogen-bond donors (Lipinski definition) is 0. The number of aromatic nitrogens is 1. The van der Waals surface area contributed by atoms with Gasteiger partial charge in [-0.3, -0.25) is 0 Å². The van der Waals surface area contributed by atoms with Crippen LogP contribution in [0.2, 0.25) is 0 Å². The first-order valence-corrected chi connectivity index (χ1v) is 7.34. The second-order valence-electron chi connectivity index (χ2n) is 5.26. The molecule has 0 aliphatic heterocycles. The van der Waals surface area contributed by atoms with Crippen molar-refractivity contribution in [3.63, 3.8) is 0 Å². The number of hydrogen-bond acceptors (Lipinski definition) is 4. The Kier molecular flexibility index (Phi) is 4.24. The monoisotopic (exact) mass is 307 g/mol. The summed E-state index contributed by atoms with van der Waals surface area (Å²) in [6.07, 6.45) is 0. The molecule has 0 aliphatic rings. The van der Waals surface area contributed by atoms with Crippen molar-refractivity contribution in [2.75, 3.05) is 7.11 Å². The van der Waals surface area contributed by atoms with Gasteiger partial charge in [0.25, 0.3) is 0 Å². The number of carbonyl (C=O) groups is 1. The maximum atomic E-state index is 11.4. The summed E-state index contributed by atoms with van der Waals surface area (Å²) in [4.78, 5) is 16.0. The summed E-state index contributed by atoms with van der Waals surface area (Å²) in [5, 5.41) is 1.05. The Bertz CT molecular complexity index is 841. The molecule has 0 saturated carbocycles. The zero-order chi connectivity index (χ0) is 16.2. The Morgan fingerprint density at radius 2 is 1.83 bits per heavy atom. The van der Waals surface area contributed by atoms with Crippen LogP contribution in [0.1, 0.15) is 21.6 Å². The maximum Gasteiger partial charge on any atom is 0.337 e. The fourth-order valence-electron chi connectivity index (χ4n) is 2.35. The number of para-hydroxylation sites is 1. The topological polar surface area (TPSA) is 48.4 Å². The van der Waals surface area contributed by atoms with E-state index in [1.54, 1.807) is 12.1 Å². The van der Waals surface area contributed by atoms with Crippen LogP contribution in [0.15, 0.2) is 54.6 Å². The number of ether oxygens (including phenoxy) is 2. The number of benzene rings is 2. The van der Waals surface area contributed by atoms with Gasteiger partial charge in [-0.15, -0.1) is 0 Å². The van der Waals surface area contributed by atoms with Crippen LogP contribution in [0.25, 0.3) is 10.9 Å². The smallest absolute Gasteiger partial charge is 0.337 e. The van der Waals surface area contributed by atoms with E-state index in [0.29, 0.717) is 12.2 Å². The van der Waals surface area contributed by atoms with Gasteiger partial charge in [0, 0.05) is 11.1 Å². The molecule has 0 spiro atoms. The molecule has 116 valence electrons. The van der Waals surface area contributed by atoms with Gasteiger partial charge in [0.2, 0.25) is 0 Å². The van der Waals surface area contributed by atoms with E-state index in [1.807, 2.05) is 49.4 Å². The summed E-state index contributed by atoms with van der Waals surface area (Å²) >= 11 is 0. The number of esters is 1. The van der Waals surface area contributed by atoms with Crippen molar-refractivity contribution in [3.8, 4) is 5.75 Å². The number of carbonyl (C=O) groups excluding carboxylic acids is 1. The number of nitrogens with zero attached hydrogens (tertiary/aromatic N) is 1. The van der Waals surface area contributed by atoms with Crippen molar-refractivity contribution in [1.82, 2.24) is 4.98 Å². The minimum Gasteiger partial charge on any atom is -0.487 e. The lowest BCUT2D eigenvalue weighted by atomic mass is 10.1. The molecular weight excluding hydrogens is 290 g/mol. The van der Waals surface area contributed by atoms with E-state index < -0.39 is 0 Å². The lowest BCUT2D eigenvalue weighted by molar-refractivity contribution is 0.0600. The highest BCUT2D eigenvalue weighted by Gasteiger charge is 2.06. The minimum absolute atomic E-state index is 0.341. The molecule has 0 amide bonds. The molecule has 1 heterocycles. The molecule has 0 unspecified atom stereocenters. The molecule has 0 radical (unpaired) electrons. The van der Waals surface area contributed by atoms with Crippen molar-refractivity contribution in [2.24, 2.45) is 0 Å². The Balaban J connectivity index is 1.78. The largest absolute Gasteiger partial charge is 0.487 e. The second kappa shape index (κ2) is 6.48. The summed E-state index contributed by atoms with van der Waals surface area (Å²) in [5.41, 5.74) is 3.32. The lowest BCUT2D eigenvalue weighted by Gasteiger charge is -2.09. The predicted molar refractivity (Wildman–Crippen MR) is 88.6 cm³/mol. The summed E-state index contributed by atoms with van der Waals surface area (Å²) < 4.78 is 10.6. The summed E-state index contributed by atoms with van der Waals surface area (Å²) in [7, 11) is 1.37. The van der Waals surface area contributed by atoms with Crippen molar-refractivity contribution in [1.29, 1.82) is 0 Å². The SMILES string of the molecule is COC(=O)c1ccc(COc2cccc3ccc(C)nc23)cc1. The van der Waals surface area contributed by atoms with E-state index in [9.17, 15) is 4.79 Å². The summed E-state index contributed by atoms with van der Waals surface area (Å²) in [6, 6.07) is 17.1. The molecule has 0 aliphatic carbocycles. The van der Waals surface area contributed by atoms with Crippen molar-refractivity contribution in [3.05, 3.63) is 71.4 Å². The quantitative estimate of drug-likeness (QED) is 0.686. The van der Waals surface area contributed by atoms with E-state index in [-0.39, 0.29) is 5.97 Å². The Morgan fingerprint density at radius 3 is 2.57 bits per heavy atom. The van der Waals surface area contributed by atoms with Gasteiger partial charge in [0.1, 0.15) is 17.9 Å². The molecule has 4 nitrogen and oxygen atoms in total. The molecule has 0 N–H and O–H groups in total. The van der Waals surface area contributed by atoms with Crippen LogP contribution >= 0.6 is 0 Å². The third-order valence-corrected chi connectivity index (χ3v) is 3.59. The third kappa shape index (κ3) is 3.31. The van der Waals surface area contributed by atoms with Crippen LogP contribution in [-0.4, -0.2) is 18.1 Å². The molecule has 4 heteroatoms. The molecule has 3 rings (SSSR count). The highest BCUT2D eigenvalue weighted by Crippen LogP contribution is 2.24. The third-order valence-electron chi connectivity index (χ3n) is 3.59. The highest BCUT2D eigenvalue weighted by molar-refractivity contribution is 5.89. The molecule has 0 saturated heterocycles. The first-order chi connectivity index (χ1) is 11.2. The molecular formula is C19H17NO3. The van der Waals surface area contributed by atoms with E-state index in [4.69, 9.17) is 4.74 Å². The molecule has 0 bridgehead atoms. The van der Waals surface area contributed by atoms with Gasteiger partial charge >= 0.3 is 5.97 Å². The molecule has 23 heavy (non-hydrogen) atoms. The molecule has 2 aromatic carbocycles. The van der Waals surface area contributed by atoms with E-state index in [0.717, 1.165) is 27.9 Å². The van der Waals surface area contributed by atoms with Crippen LogP contribution in [-0.2, 0) is 11.3 Å². The standard InChI is InChI=1S/C19H17NO3/c1-13-6-9-15-4-3-5-17(18(15)20-13)23-12-14-7-10-16(11-8-14)19(21)22-2/h3-11H,12H2,1-2H3. The number of rotatable bonds is 4. The Morgan fingerprint density at radius 1 is 1.04 bits per heavy atom. The van der Waals surface area contributed by atoms with Gasteiger partial charge < -0.3 is 9.47 Å². The van der Waals surface area contributed by atoms with Gasteiger partial charge in [-0.2, -0.15) is 0 Å². The van der Waals surface area contributed by atoms with Gasteiger partial charge in [-0.25, -0.2) is 9.78 Å². The van der Waals surface area contributed by atoms with Crippen LogP contribution in [0.3, 0.4) is 0 Å². The van der Waals surface area contributed by atoms with Gasteiger partial charge in [-0.1, -0.05) is 30.3 Å². The molecule has 0 atom stereocenters. The van der Waals surface area contributed by atoms with E-state index in [2.05, 4.69) is 9.72 Å². The predicted octanol–water partition coefficient (Wildman–Crippen LogP) is 3.91. The number of fused-ring (bicyclic) bond motifs is 1. The van der Waals surface area contributed by atoms with Crippen molar-refractivity contribution in [2.45, 2.75) is 13.5 Å². The zero-order valence-electron chi connectivity index (χ0n) is 13.1. The van der Waals surface area contributed by atoms with Crippen molar-refractivity contribution >= 4 is 16.9 Å². The normalized spacial score (nSPS) is 10.5. The number of pyridine rings is 1. The van der Waals surface area contributed by atoms with Crippen LogP contribution in [0.4, 0.5) is 0 Å². The summed E-state index contributed by atoms with van der Waals surface area (Å²) in [5.74, 6) is 0.412. The van der Waals surface area contributed by atoms with E-state index >= 15 is 0 Å². The average molecular weight is 307 g/mol. The van der Waals surface area contributed by atoms with Crippen LogP contribution < -0.4 is 4.74 Å². The molecule has 1 aromatic heterocycles.